The number of para-hydroxylation sites is 1. The van der Waals surface area contributed by atoms with E-state index in [1.54, 1.807) is 0 Å². The highest BCUT2D eigenvalue weighted by Gasteiger charge is 2.48. The van der Waals surface area contributed by atoms with Gasteiger partial charge in [0.1, 0.15) is 11.5 Å². The first-order valence-electron chi connectivity index (χ1n) is 17.6. The lowest BCUT2D eigenvalue weighted by atomic mass is 9.60. The highest BCUT2D eigenvalue weighted by Crippen LogP contribution is 2.56. The fourth-order valence-corrected chi connectivity index (χ4v) is 8.06. The van der Waals surface area contributed by atoms with Crippen LogP contribution < -0.4 is 4.74 Å². The molecule has 240 valence electrons. The van der Waals surface area contributed by atoms with Gasteiger partial charge < -0.3 is 4.74 Å². The number of aliphatic imine (C=N–C) groups is 1. The quantitative estimate of drug-likeness (QED) is 0.187. The topological polar surface area (TPSA) is 21.6 Å². The smallest absolute Gasteiger partial charge is 0.132 e. The maximum absolute atomic E-state index is 6.58. The molecule has 5 aromatic rings. The van der Waals surface area contributed by atoms with Gasteiger partial charge in [0.15, 0.2) is 0 Å². The number of ether oxygens (including phenoxy) is 1. The summed E-state index contributed by atoms with van der Waals surface area (Å²) in [4.78, 5) is 5.33. The molecule has 9 rings (SSSR count). The van der Waals surface area contributed by atoms with Crippen molar-refractivity contribution in [3.63, 3.8) is 0 Å². The minimum Gasteiger partial charge on any atom is -0.457 e. The fourth-order valence-electron chi connectivity index (χ4n) is 8.06. The molecule has 2 aliphatic heterocycles. The summed E-state index contributed by atoms with van der Waals surface area (Å²) >= 11 is 0. The largest absolute Gasteiger partial charge is 0.457 e. The Balaban J connectivity index is 1.18. The molecule has 2 heterocycles. The molecule has 1 atom stereocenters. The number of nitrogens with zero attached hydrogens (tertiary/aromatic N) is 1. The lowest BCUT2D eigenvalue weighted by Gasteiger charge is -2.45. The zero-order chi connectivity index (χ0) is 33.5. The van der Waals surface area contributed by atoms with Gasteiger partial charge in [0.2, 0.25) is 0 Å². The minimum atomic E-state index is -0.435. The van der Waals surface area contributed by atoms with Crippen molar-refractivity contribution >= 4 is 27.8 Å². The van der Waals surface area contributed by atoms with E-state index in [0.717, 1.165) is 76.4 Å². The summed E-state index contributed by atoms with van der Waals surface area (Å²) in [7, 11) is 0. The zero-order valence-corrected chi connectivity index (χ0v) is 28.0. The van der Waals surface area contributed by atoms with Crippen molar-refractivity contribution in [3.05, 3.63) is 221 Å². The second kappa shape index (κ2) is 12.5. The van der Waals surface area contributed by atoms with Crippen molar-refractivity contribution in [2.24, 2.45) is 4.99 Å². The average Bonchev–Trinajstić information content (AvgIpc) is 3.36. The summed E-state index contributed by atoms with van der Waals surface area (Å²) in [6, 6.07) is 43.3. The van der Waals surface area contributed by atoms with Crippen molar-refractivity contribution in [1.29, 1.82) is 0 Å². The predicted octanol–water partition coefficient (Wildman–Crippen LogP) is 11.9. The van der Waals surface area contributed by atoms with E-state index in [4.69, 9.17) is 9.73 Å². The molecule has 0 N–H and O–H groups in total. The van der Waals surface area contributed by atoms with Crippen molar-refractivity contribution in [2.45, 2.75) is 31.1 Å². The zero-order valence-electron chi connectivity index (χ0n) is 28.0. The van der Waals surface area contributed by atoms with E-state index in [1.807, 2.05) is 6.07 Å². The molecule has 2 nitrogen and oxygen atoms in total. The van der Waals surface area contributed by atoms with Gasteiger partial charge in [-0.1, -0.05) is 146 Å². The van der Waals surface area contributed by atoms with E-state index in [2.05, 4.69) is 164 Å². The minimum absolute atomic E-state index is 0.435. The number of fused-ring (bicyclic) bond motifs is 3. The van der Waals surface area contributed by atoms with E-state index in [9.17, 15) is 0 Å². The molecular formula is C48H37NO. The maximum Gasteiger partial charge on any atom is 0.132 e. The van der Waals surface area contributed by atoms with E-state index in [-0.39, 0.29) is 0 Å². The van der Waals surface area contributed by atoms with Crippen LogP contribution in [0.1, 0.15) is 53.5 Å². The molecule has 0 fully saturated rings. The first-order valence-corrected chi connectivity index (χ1v) is 17.6. The summed E-state index contributed by atoms with van der Waals surface area (Å²) in [5, 5.41) is 2.43. The molecule has 0 amide bonds. The molecule has 2 heteroatoms. The lowest BCUT2D eigenvalue weighted by molar-refractivity contribution is 0.377. The molecule has 4 aliphatic rings. The lowest BCUT2D eigenvalue weighted by Crippen LogP contribution is -2.39. The molecule has 5 aromatic carbocycles. The van der Waals surface area contributed by atoms with Gasteiger partial charge in [0.05, 0.1) is 16.8 Å². The van der Waals surface area contributed by atoms with E-state index in [0.29, 0.717) is 0 Å². The molecule has 0 saturated carbocycles. The highest BCUT2D eigenvalue weighted by molar-refractivity contribution is 6.17. The molecule has 0 aromatic heterocycles. The summed E-state index contributed by atoms with van der Waals surface area (Å²) < 4.78 is 6.58. The van der Waals surface area contributed by atoms with Crippen molar-refractivity contribution in [2.75, 3.05) is 0 Å². The van der Waals surface area contributed by atoms with Gasteiger partial charge in [-0.15, -0.1) is 0 Å². The number of hydrogen-bond acceptors (Lipinski definition) is 2. The van der Waals surface area contributed by atoms with Gasteiger partial charge in [0, 0.05) is 22.3 Å². The van der Waals surface area contributed by atoms with Crippen LogP contribution in [0.2, 0.25) is 0 Å². The average molecular weight is 644 g/mol. The molecule has 50 heavy (non-hydrogen) atoms. The third-order valence-electron chi connectivity index (χ3n) is 10.4. The summed E-state index contributed by atoms with van der Waals surface area (Å²) in [5.74, 6) is 1.92. The number of hydrogen-bond donors (Lipinski definition) is 0. The molecule has 0 bridgehead atoms. The molecular weight excluding hydrogens is 607 g/mol. The van der Waals surface area contributed by atoms with Crippen LogP contribution in [0.5, 0.6) is 5.75 Å². The van der Waals surface area contributed by atoms with Crippen LogP contribution >= 0.6 is 0 Å². The Kier molecular flexibility index (Phi) is 7.51. The monoisotopic (exact) mass is 643 g/mol. The molecule has 0 radical (unpaired) electrons. The standard InChI is InChI=1S/C48H37NO/c1-33-30-44(49-45(35-15-4-2-5-16-35)32-41(33)38-25-24-34-14-8-9-17-37(34)31-38)36-26-28-40(29-27-36)48(39-18-6-3-7-19-39)42-20-10-12-22-46(42)50-47-23-13-11-21-43(47)48/h2-6,8-10,12,14-18,20-32H,1,7,11,13,19H2. The Labute approximate surface area is 294 Å². The van der Waals surface area contributed by atoms with Gasteiger partial charge in [-0.3, -0.25) is 0 Å². The van der Waals surface area contributed by atoms with Gasteiger partial charge in [0.25, 0.3) is 0 Å². The first-order chi connectivity index (χ1) is 24.7. The molecule has 0 spiro atoms. The Hall–Kier alpha value is -5.99. The Morgan fingerprint density at radius 1 is 0.660 bits per heavy atom. The van der Waals surface area contributed by atoms with Gasteiger partial charge in [-0.05, 0) is 89.1 Å². The van der Waals surface area contributed by atoms with Crippen LogP contribution in [0.3, 0.4) is 0 Å². The van der Waals surface area contributed by atoms with Gasteiger partial charge >= 0.3 is 0 Å². The SMILES string of the molecule is C=C1C=C(c2ccc(C3(C4=CC=CCC4)C4=CCCC=C4Oc4ccccc43)cc2)N=C(c2ccccc2)C=C1c1ccc2ccccc2c1. The normalized spacial score (nSPS) is 19.8. The third-order valence-corrected chi connectivity index (χ3v) is 10.4. The van der Waals surface area contributed by atoms with Crippen LogP contribution in [0.4, 0.5) is 0 Å². The second-order valence-corrected chi connectivity index (χ2v) is 13.4. The van der Waals surface area contributed by atoms with E-state index < -0.39 is 5.41 Å². The van der Waals surface area contributed by atoms with Gasteiger partial charge in [-0.2, -0.15) is 0 Å². The van der Waals surface area contributed by atoms with Crippen molar-refractivity contribution < 1.29 is 4.74 Å². The van der Waals surface area contributed by atoms with Crippen LogP contribution in [-0.2, 0) is 5.41 Å². The van der Waals surface area contributed by atoms with Crippen LogP contribution in [-0.4, -0.2) is 5.71 Å². The predicted molar refractivity (Wildman–Crippen MR) is 208 cm³/mol. The maximum atomic E-state index is 6.58. The molecule has 2 aliphatic carbocycles. The number of benzene rings is 5. The van der Waals surface area contributed by atoms with Crippen molar-refractivity contribution in [1.82, 2.24) is 0 Å². The van der Waals surface area contributed by atoms with Gasteiger partial charge in [-0.25, -0.2) is 4.99 Å². The summed E-state index contributed by atoms with van der Waals surface area (Å²) in [6.07, 6.45) is 19.9. The number of rotatable bonds is 5. The summed E-state index contributed by atoms with van der Waals surface area (Å²) in [5.41, 5.74) is 11.7. The van der Waals surface area contributed by atoms with Crippen LogP contribution in [0.25, 0.3) is 22.0 Å². The Bertz CT molecular complexity index is 2390. The van der Waals surface area contributed by atoms with E-state index in [1.165, 1.54) is 33.0 Å². The molecule has 1 unspecified atom stereocenters. The van der Waals surface area contributed by atoms with Crippen LogP contribution in [0, 0.1) is 0 Å². The van der Waals surface area contributed by atoms with Crippen molar-refractivity contribution in [3.8, 4) is 5.75 Å². The third kappa shape index (κ3) is 5.07. The first kappa shape index (κ1) is 30.1. The van der Waals surface area contributed by atoms with Crippen LogP contribution in [0.15, 0.2) is 198 Å². The second-order valence-electron chi connectivity index (χ2n) is 13.4. The Morgan fingerprint density at radius 2 is 1.42 bits per heavy atom. The summed E-state index contributed by atoms with van der Waals surface area (Å²) in [6.45, 7) is 4.59. The van der Waals surface area contributed by atoms with E-state index >= 15 is 0 Å². The highest BCUT2D eigenvalue weighted by atomic mass is 16.5. The Morgan fingerprint density at radius 3 is 2.26 bits per heavy atom. The fraction of sp³-hybridized carbons (Fsp3) is 0.104. The molecule has 0 saturated heterocycles. The number of allylic oxidation sites excluding steroid dienone is 11.